The maximum absolute atomic E-state index is 8.70. The van der Waals surface area contributed by atoms with Gasteiger partial charge in [0.2, 0.25) is 0 Å². The lowest BCUT2D eigenvalue weighted by atomic mass is 10.0. The molecule has 12 heteroatoms. The molecule has 7 aromatic rings. The lowest BCUT2D eigenvalue weighted by molar-refractivity contribution is 0.0654. The Bertz CT molecular complexity index is 2430. The lowest BCUT2D eigenvalue weighted by Crippen LogP contribution is -2.06. The van der Waals surface area contributed by atoms with Crippen molar-refractivity contribution in [2.24, 2.45) is 5.92 Å². The van der Waals surface area contributed by atoms with E-state index in [1.807, 2.05) is 165 Å². The zero-order valence-electron chi connectivity index (χ0n) is 46.5. The standard InChI is InChI=1S/C10H11NO.C10H14O.C9H10N2O.C9H13NO.C9H12.C8H11NO.C7H12N2/c1-8(2)12-10-6-4-3-5-9(10)7-11;1-9(2)11-8-10-6-4-3-5-7-10;1-7(2)12-9-3-8(4-10)5-11-6-9;1-8(2)11-7-9-4-3-5-10-6-9;1-8(2)9-6-4-3-5-7-9;1-7(2)10-8-4-3-5-9-6-8;1-7(2)6-9-5-3-4-8-9/h3-6,8H,1-2H3;3-7,9H,8H2,1-2H3;3,5-7H,1-2H3;3-6,8H,7H2,1-2H3;3-8H,1-2H3;3-7H,1-2H3;3-5,7H,6H2,1-2H3. The van der Waals surface area contributed by atoms with Crippen LogP contribution in [0, 0.1) is 28.6 Å². The van der Waals surface area contributed by atoms with Crippen molar-refractivity contribution in [2.45, 2.75) is 153 Å². The van der Waals surface area contributed by atoms with E-state index in [4.69, 9.17) is 34.2 Å². The van der Waals surface area contributed by atoms with Crippen LogP contribution >= 0.6 is 0 Å². The van der Waals surface area contributed by atoms with Crippen LogP contribution < -0.4 is 14.2 Å². The third kappa shape index (κ3) is 34.9. The van der Waals surface area contributed by atoms with Crippen LogP contribution in [0.2, 0.25) is 0 Å². The first-order valence-corrected chi connectivity index (χ1v) is 25.3. The first-order chi connectivity index (χ1) is 35.4. The quantitative estimate of drug-likeness (QED) is 0.0965. The van der Waals surface area contributed by atoms with Crippen molar-refractivity contribution in [3.63, 3.8) is 0 Å². The number of nitriles is 2. The second-order valence-electron chi connectivity index (χ2n) is 18.6. The molecule has 396 valence electrons. The van der Waals surface area contributed by atoms with Crippen molar-refractivity contribution in [3.8, 4) is 29.4 Å². The van der Waals surface area contributed by atoms with E-state index >= 15 is 0 Å². The number of hydrogen-bond donors (Lipinski definition) is 0. The van der Waals surface area contributed by atoms with Gasteiger partial charge >= 0.3 is 0 Å². The molecular weight excluding hydrogens is 923 g/mol. The molecule has 0 amide bonds. The number of aromatic nitrogens is 5. The predicted octanol–water partition coefficient (Wildman–Crippen LogP) is 14.9. The van der Waals surface area contributed by atoms with E-state index in [9.17, 15) is 0 Å². The topological polar surface area (TPSA) is 150 Å². The molecule has 4 aromatic heterocycles. The average Bonchev–Trinajstić information content (AvgIpc) is 3.90. The fraction of sp³-hybridized carbons (Fsp3) is 0.387. The van der Waals surface area contributed by atoms with Crippen molar-refractivity contribution in [1.29, 1.82) is 10.5 Å². The fourth-order valence-corrected chi connectivity index (χ4v) is 5.63. The van der Waals surface area contributed by atoms with Crippen molar-refractivity contribution in [3.05, 3.63) is 199 Å². The van der Waals surface area contributed by atoms with Crippen molar-refractivity contribution >= 4 is 0 Å². The van der Waals surface area contributed by atoms with Crippen molar-refractivity contribution in [1.82, 2.24) is 24.7 Å². The Hall–Kier alpha value is -7.38. The first-order valence-electron chi connectivity index (χ1n) is 25.3. The van der Waals surface area contributed by atoms with Crippen LogP contribution in [-0.4, -0.2) is 55.3 Å². The molecule has 0 aliphatic heterocycles. The molecule has 0 radical (unpaired) electrons. The van der Waals surface area contributed by atoms with E-state index in [-0.39, 0.29) is 24.4 Å². The van der Waals surface area contributed by atoms with E-state index in [1.165, 1.54) is 17.3 Å². The number of ether oxygens (including phenoxy) is 5. The van der Waals surface area contributed by atoms with Crippen molar-refractivity contribution < 1.29 is 23.7 Å². The summed E-state index contributed by atoms with van der Waals surface area (Å²) >= 11 is 0. The van der Waals surface area contributed by atoms with E-state index < -0.39 is 0 Å². The molecule has 0 aliphatic rings. The molecule has 74 heavy (non-hydrogen) atoms. The third-order valence-electron chi connectivity index (χ3n) is 8.90. The van der Waals surface area contributed by atoms with Crippen molar-refractivity contribution in [2.75, 3.05) is 0 Å². The van der Waals surface area contributed by atoms with Gasteiger partial charge in [0.25, 0.3) is 0 Å². The summed E-state index contributed by atoms with van der Waals surface area (Å²) < 4.78 is 28.9. The monoisotopic (exact) mass is 1010 g/mol. The molecule has 0 aliphatic carbocycles. The lowest BCUT2D eigenvalue weighted by Gasteiger charge is -2.09. The molecule has 0 spiro atoms. The molecule has 0 saturated heterocycles. The van der Waals surface area contributed by atoms with Crippen LogP contribution in [0.15, 0.2) is 171 Å². The van der Waals surface area contributed by atoms with Crippen LogP contribution in [0.4, 0.5) is 0 Å². The summed E-state index contributed by atoms with van der Waals surface area (Å²) in [6, 6.07) is 43.3. The number of pyridine rings is 3. The van der Waals surface area contributed by atoms with E-state index in [0.717, 1.165) is 24.5 Å². The molecule has 0 saturated carbocycles. The highest BCUT2D eigenvalue weighted by Crippen LogP contribution is 2.18. The molecule has 0 unspecified atom stereocenters. The molecule has 3 aromatic carbocycles. The summed E-state index contributed by atoms with van der Waals surface area (Å²) in [5.41, 5.74) is 4.89. The van der Waals surface area contributed by atoms with Gasteiger partial charge in [0.05, 0.1) is 67.3 Å². The molecule has 7 rings (SSSR count). The molecule has 12 nitrogen and oxygen atoms in total. The Kier molecular flexibility index (Phi) is 35.1. The molecule has 0 N–H and O–H groups in total. The highest BCUT2D eigenvalue weighted by molar-refractivity contribution is 5.42. The van der Waals surface area contributed by atoms with Gasteiger partial charge in [-0.3, -0.25) is 19.6 Å². The smallest absolute Gasteiger partial charge is 0.139 e. The average molecular weight is 1010 g/mol. The first kappa shape index (κ1) is 64.6. The Morgan fingerprint density at radius 2 is 1.00 bits per heavy atom. The summed E-state index contributed by atoms with van der Waals surface area (Å²) in [5.74, 6) is 3.48. The summed E-state index contributed by atoms with van der Waals surface area (Å²) in [5, 5.41) is 21.3. The van der Waals surface area contributed by atoms with Crippen LogP contribution in [0.3, 0.4) is 0 Å². The Morgan fingerprint density at radius 3 is 1.47 bits per heavy atom. The van der Waals surface area contributed by atoms with Crippen LogP contribution in [-0.2, 0) is 29.2 Å². The second-order valence-corrected chi connectivity index (χ2v) is 18.6. The molecule has 0 atom stereocenters. The number of hydrogen-bond acceptors (Lipinski definition) is 11. The van der Waals surface area contributed by atoms with Crippen LogP contribution in [0.25, 0.3) is 0 Å². The zero-order chi connectivity index (χ0) is 54.9. The van der Waals surface area contributed by atoms with Gasteiger partial charge in [-0.15, -0.1) is 0 Å². The largest absolute Gasteiger partial charge is 0.490 e. The third-order valence-corrected chi connectivity index (χ3v) is 8.90. The summed E-state index contributed by atoms with van der Waals surface area (Å²) in [4.78, 5) is 11.8. The number of nitrogens with zero attached hydrogens (tertiary/aromatic N) is 7. The number of para-hydroxylation sites is 1. The van der Waals surface area contributed by atoms with E-state index in [2.05, 4.69) is 90.2 Å². The Labute approximate surface area is 444 Å². The van der Waals surface area contributed by atoms with Crippen LogP contribution in [0.1, 0.15) is 131 Å². The molecule has 0 bridgehead atoms. The normalized spacial score (nSPS) is 10.0. The highest BCUT2D eigenvalue weighted by Gasteiger charge is 2.03. The van der Waals surface area contributed by atoms with Gasteiger partial charge in [0.1, 0.15) is 29.4 Å². The van der Waals surface area contributed by atoms with Gasteiger partial charge in [0, 0.05) is 49.8 Å². The zero-order valence-corrected chi connectivity index (χ0v) is 46.5. The highest BCUT2D eigenvalue weighted by atomic mass is 16.5. The minimum Gasteiger partial charge on any atom is -0.490 e. The Morgan fingerprint density at radius 1 is 0.473 bits per heavy atom. The SMILES string of the molecule is CC(C)Cn1cccn1.CC(C)OCc1ccccc1.CC(C)OCc1cccnc1.CC(C)Oc1ccccc1C#N.CC(C)Oc1cccnc1.CC(C)Oc1cncc(C#N)c1.CC(C)c1ccccc1. The summed E-state index contributed by atoms with van der Waals surface area (Å²) in [6.07, 6.45) is 15.0. The maximum atomic E-state index is 8.70. The summed E-state index contributed by atoms with van der Waals surface area (Å²) in [6.45, 7) is 31.0. The van der Waals surface area contributed by atoms with Gasteiger partial charge in [-0.2, -0.15) is 15.6 Å². The van der Waals surface area contributed by atoms with Gasteiger partial charge in [-0.1, -0.05) is 107 Å². The van der Waals surface area contributed by atoms with Gasteiger partial charge in [-0.05, 0) is 134 Å². The number of benzene rings is 3. The van der Waals surface area contributed by atoms with E-state index in [0.29, 0.717) is 47.2 Å². The molecule has 4 heterocycles. The summed E-state index contributed by atoms with van der Waals surface area (Å²) in [7, 11) is 0. The minimum atomic E-state index is 0.111. The molecule has 0 fully saturated rings. The molecular formula is C62H83N7O5. The number of rotatable bonds is 15. The predicted molar refractivity (Wildman–Crippen MR) is 300 cm³/mol. The Balaban J connectivity index is 0.000000433. The second kappa shape index (κ2) is 40.1. The van der Waals surface area contributed by atoms with Crippen LogP contribution in [0.5, 0.6) is 17.2 Å². The maximum Gasteiger partial charge on any atom is 0.139 e. The van der Waals surface area contributed by atoms with Gasteiger partial charge in [-0.25, -0.2) is 0 Å². The van der Waals surface area contributed by atoms with E-state index in [1.54, 1.807) is 43.0 Å². The minimum absolute atomic E-state index is 0.111. The fourth-order valence-electron chi connectivity index (χ4n) is 5.63. The van der Waals surface area contributed by atoms with Gasteiger partial charge < -0.3 is 23.7 Å². The van der Waals surface area contributed by atoms with Gasteiger partial charge in [0.15, 0.2) is 0 Å².